The highest BCUT2D eigenvalue weighted by atomic mass is 35.5. The van der Waals surface area contributed by atoms with Gasteiger partial charge in [0.1, 0.15) is 21.5 Å². The fourth-order valence-corrected chi connectivity index (χ4v) is 7.71. The van der Waals surface area contributed by atoms with Gasteiger partial charge in [-0.25, -0.2) is 0 Å². The van der Waals surface area contributed by atoms with Crippen LogP contribution in [-0.4, -0.2) is 114 Å². The minimum absolute atomic E-state index is 0.0393. The SMILES string of the molecule is COc1cc(N2CCN(C(Cn3nc(N)c(Cl)c3C)C(=O)C(Cn3nc(N)c(Cl)c3C)N3CCN(c4ccc(Cl)c(OC)c4)CC3)CC2)ccc1Cl. The number of rotatable bonds is 12. The molecule has 52 heavy (non-hydrogen) atoms. The van der Waals surface area contributed by atoms with Gasteiger partial charge in [-0.05, 0) is 38.1 Å². The maximum absolute atomic E-state index is 15.2. The fourth-order valence-electron chi connectivity index (χ4n) is 7.05. The lowest BCUT2D eigenvalue weighted by Crippen LogP contribution is -2.61. The largest absolute Gasteiger partial charge is 0.495 e. The van der Waals surface area contributed by atoms with Crippen LogP contribution in [0.15, 0.2) is 36.4 Å². The number of hydrogen-bond acceptors (Lipinski definition) is 11. The van der Waals surface area contributed by atoms with Gasteiger partial charge in [0.2, 0.25) is 0 Å². The van der Waals surface area contributed by atoms with E-state index in [0.29, 0.717) is 95.3 Å². The molecule has 0 amide bonds. The number of halogens is 4. The van der Waals surface area contributed by atoms with E-state index >= 15 is 4.79 Å². The molecule has 2 unspecified atom stereocenters. The molecule has 2 aromatic heterocycles. The molecule has 2 fully saturated rings. The number of Topliss-reactive ketones (excluding diaryl/α,β-unsaturated/α-hetero) is 1. The Hall–Kier alpha value is -3.59. The molecule has 0 aliphatic carbocycles. The predicted octanol–water partition coefficient (Wildman–Crippen LogP) is 5.14. The van der Waals surface area contributed by atoms with Gasteiger partial charge in [0.25, 0.3) is 0 Å². The number of piperazine rings is 2. The smallest absolute Gasteiger partial charge is 0.170 e. The zero-order chi connectivity index (χ0) is 37.3. The standard InChI is InChI=1S/C35H44Cl4N10O3/c1-21-31(38)34(40)42-48(21)19-27(46-13-9-44(10-14-46)23-5-7-25(36)29(17-23)51-3)33(50)28(20-49-22(2)32(39)35(41)43-49)47-15-11-45(12-16-47)24-6-8-26(37)30(18-24)52-4/h5-8,17-18,27-28H,9-16,19-20H2,1-4H3,(H2,40,42)(H2,41,43). The minimum atomic E-state index is -0.553. The Balaban J connectivity index is 1.29. The van der Waals surface area contributed by atoms with Crippen molar-refractivity contribution < 1.29 is 14.3 Å². The van der Waals surface area contributed by atoms with Crippen molar-refractivity contribution in [2.45, 2.75) is 39.0 Å². The van der Waals surface area contributed by atoms with Gasteiger partial charge >= 0.3 is 0 Å². The Kier molecular flexibility index (Phi) is 11.9. The monoisotopic (exact) mass is 792 g/mol. The van der Waals surface area contributed by atoms with Crippen molar-refractivity contribution in [1.82, 2.24) is 29.4 Å². The van der Waals surface area contributed by atoms with E-state index in [1.807, 2.05) is 50.2 Å². The summed E-state index contributed by atoms with van der Waals surface area (Å²) in [7, 11) is 3.21. The van der Waals surface area contributed by atoms with Crippen molar-refractivity contribution in [3.8, 4) is 11.5 Å². The summed E-state index contributed by atoms with van der Waals surface area (Å²) in [5.74, 6) is 1.74. The number of carbonyl (C=O) groups is 1. The first kappa shape index (κ1) is 38.1. The van der Waals surface area contributed by atoms with Crippen LogP contribution in [0.1, 0.15) is 11.4 Å². The van der Waals surface area contributed by atoms with Gasteiger partial charge in [-0.15, -0.1) is 0 Å². The molecule has 0 spiro atoms. The van der Waals surface area contributed by atoms with Gasteiger partial charge < -0.3 is 30.7 Å². The lowest BCUT2D eigenvalue weighted by Gasteiger charge is -2.43. The Labute approximate surface area is 323 Å². The highest BCUT2D eigenvalue weighted by Crippen LogP contribution is 2.32. The summed E-state index contributed by atoms with van der Waals surface area (Å²) in [6.07, 6.45) is 0. The number of nitrogens with two attached hydrogens (primary N) is 2. The summed E-state index contributed by atoms with van der Waals surface area (Å²) in [6, 6.07) is 10.4. The van der Waals surface area contributed by atoms with Crippen LogP contribution in [0.4, 0.5) is 23.0 Å². The van der Waals surface area contributed by atoms with E-state index in [-0.39, 0.29) is 30.5 Å². The molecular formula is C35H44Cl4N10O3. The summed E-state index contributed by atoms with van der Waals surface area (Å²) in [4.78, 5) is 24.2. The van der Waals surface area contributed by atoms with Crippen LogP contribution in [-0.2, 0) is 17.9 Å². The second-order valence-electron chi connectivity index (χ2n) is 13.1. The van der Waals surface area contributed by atoms with Gasteiger partial charge in [0.15, 0.2) is 17.4 Å². The van der Waals surface area contributed by atoms with Crippen LogP contribution in [0.25, 0.3) is 0 Å². The Morgan fingerprint density at radius 1 is 0.673 bits per heavy atom. The second-order valence-corrected chi connectivity index (χ2v) is 14.6. The number of nitrogens with zero attached hydrogens (tertiary/aromatic N) is 8. The molecule has 4 heterocycles. The average Bonchev–Trinajstić information content (AvgIpc) is 3.55. The number of anilines is 4. The second kappa shape index (κ2) is 16.2. The number of ketones is 1. The highest BCUT2D eigenvalue weighted by Gasteiger charge is 2.39. The van der Waals surface area contributed by atoms with E-state index < -0.39 is 12.1 Å². The Bertz CT molecular complexity index is 1770. The molecule has 2 saturated heterocycles. The molecule has 17 heteroatoms. The first-order valence-electron chi connectivity index (χ1n) is 17.1. The van der Waals surface area contributed by atoms with Crippen molar-refractivity contribution in [2.75, 3.05) is 87.8 Å². The van der Waals surface area contributed by atoms with Crippen molar-refractivity contribution in [3.05, 3.63) is 67.9 Å². The first-order chi connectivity index (χ1) is 24.9. The fraction of sp³-hybridized carbons (Fsp3) is 0.457. The third kappa shape index (κ3) is 7.85. The minimum Gasteiger partial charge on any atom is -0.495 e. The third-order valence-corrected chi connectivity index (χ3v) is 11.7. The molecule has 0 saturated carbocycles. The van der Waals surface area contributed by atoms with Crippen LogP contribution < -0.4 is 30.7 Å². The van der Waals surface area contributed by atoms with Crippen molar-refractivity contribution in [2.24, 2.45) is 0 Å². The lowest BCUT2D eigenvalue weighted by molar-refractivity contribution is -0.131. The van der Waals surface area contributed by atoms with Crippen LogP contribution in [0.3, 0.4) is 0 Å². The number of hydrogen-bond donors (Lipinski definition) is 2. The maximum atomic E-state index is 15.2. The van der Waals surface area contributed by atoms with E-state index in [2.05, 4.69) is 29.8 Å². The van der Waals surface area contributed by atoms with E-state index in [4.69, 9.17) is 67.3 Å². The van der Waals surface area contributed by atoms with Gasteiger partial charge in [0.05, 0.1) is 60.8 Å². The molecule has 2 aliphatic heterocycles. The number of carbonyl (C=O) groups excluding carboxylic acids is 1. The number of ether oxygens (including phenoxy) is 2. The summed E-state index contributed by atoms with van der Waals surface area (Å²) in [6.45, 7) is 9.54. The third-order valence-electron chi connectivity index (χ3n) is 10.2. The average molecular weight is 795 g/mol. The van der Waals surface area contributed by atoms with Crippen LogP contribution in [0.2, 0.25) is 20.1 Å². The van der Waals surface area contributed by atoms with Crippen molar-refractivity contribution in [3.63, 3.8) is 0 Å². The Morgan fingerprint density at radius 2 is 1.04 bits per heavy atom. The lowest BCUT2D eigenvalue weighted by atomic mass is 9.99. The van der Waals surface area contributed by atoms with Gasteiger partial charge in [-0.3, -0.25) is 24.0 Å². The van der Waals surface area contributed by atoms with Crippen LogP contribution in [0, 0.1) is 13.8 Å². The molecule has 4 N–H and O–H groups in total. The highest BCUT2D eigenvalue weighted by molar-refractivity contribution is 6.34. The molecule has 2 aliphatic rings. The van der Waals surface area contributed by atoms with Crippen molar-refractivity contribution >= 4 is 75.2 Å². The quantitative estimate of drug-likeness (QED) is 0.197. The molecule has 6 rings (SSSR count). The van der Waals surface area contributed by atoms with Gasteiger partial charge in [-0.2, -0.15) is 10.2 Å². The molecule has 4 aromatic rings. The summed E-state index contributed by atoms with van der Waals surface area (Å²) in [5.41, 5.74) is 15.7. The number of methoxy groups -OCH3 is 2. The van der Waals surface area contributed by atoms with Gasteiger partial charge in [0, 0.05) is 75.9 Å². The topological polar surface area (TPSA) is 136 Å². The number of aromatic nitrogens is 4. The predicted molar refractivity (Wildman–Crippen MR) is 209 cm³/mol. The van der Waals surface area contributed by atoms with Crippen molar-refractivity contribution in [1.29, 1.82) is 0 Å². The molecule has 280 valence electrons. The van der Waals surface area contributed by atoms with E-state index in [0.717, 1.165) is 11.4 Å². The number of nitrogen functional groups attached to an aromatic ring is 2. The normalized spacial score (nSPS) is 17.0. The maximum Gasteiger partial charge on any atom is 0.170 e. The number of benzene rings is 2. The molecule has 0 radical (unpaired) electrons. The molecule has 13 nitrogen and oxygen atoms in total. The summed E-state index contributed by atoms with van der Waals surface area (Å²) in [5, 5.41) is 10.9. The van der Waals surface area contributed by atoms with E-state index in [1.165, 1.54) is 0 Å². The molecular weight excluding hydrogens is 750 g/mol. The van der Waals surface area contributed by atoms with E-state index in [1.54, 1.807) is 23.6 Å². The van der Waals surface area contributed by atoms with E-state index in [9.17, 15) is 0 Å². The van der Waals surface area contributed by atoms with Crippen LogP contribution in [0.5, 0.6) is 11.5 Å². The zero-order valence-corrected chi connectivity index (χ0v) is 32.7. The van der Waals surface area contributed by atoms with Gasteiger partial charge in [-0.1, -0.05) is 46.4 Å². The van der Waals surface area contributed by atoms with Crippen LogP contribution >= 0.6 is 46.4 Å². The summed E-state index contributed by atoms with van der Waals surface area (Å²) >= 11 is 25.6. The first-order valence-corrected chi connectivity index (χ1v) is 18.6. The molecule has 0 bridgehead atoms. The molecule has 2 atom stereocenters. The molecule has 2 aromatic carbocycles. The Morgan fingerprint density at radius 3 is 1.35 bits per heavy atom. The summed E-state index contributed by atoms with van der Waals surface area (Å²) < 4.78 is 14.4. The zero-order valence-electron chi connectivity index (χ0n) is 29.7.